The van der Waals surface area contributed by atoms with Crippen molar-refractivity contribution in [1.29, 1.82) is 0 Å². The van der Waals surface area contributed by atoms with Gasteiger partial charge in [0.1, 0.15) is 5.82 Å². The number of rotatable bonds is 5. The van der Waals surface area contributed by atoms with Crippen molar-refractivity contribution in [2.24, 2.45) is 0 Å². The molecule has 0 aromatic heterocycles. The number of hydrogen-bond donors (Lipinski definition) is 1. The van der Waals surface area contributed by atoms with Crippen LogP contribution in [0.15, 0.2) is 18.2 Å². The van der Waals surface area contributed by atoms with Crippen molar-refractivity contribution >= 4 is 11.6 Å². The molecule has 17 heavy (non-hydrogen) atoms. The number of halogens is 2. The van der Waals surface area contributed by atoms with Crippen molar-refractivity contribution in [3.8, 4) is 0 Å². The molecule has 0 heterocycles. The van der Waals surface area contributed by atoms with Crippen LogP contribution in [0, 0.1) is 5.82 Å². The molecule has 0 amide bonds. The van der Waals surface area contributed by atoms with E-state index in [4.69, 9.17) is 16.3 Å². The lowest BCUT2D eigenvalue weighted by molar-refractivity contribution is 0.00277. The highest BCUT2D eigenvalue weighted by Gasteiger charge is 2.19. The molecule has 2 nitrogen and oxygen atoms in total. The Bertz CT molecular complexity index is 380. The van der Waals surface area contributed by atoms with Crippen molar-refractivity contribution < 1.29 is 14.2 Å². The van der Waals surface area contributed by atoms with Gasteiger partial charge in [-0.3, -0.25) is 0 Å². The van der Waals surface area contributed by atoms with Gasteiger partial charge in [-0.25, -0.2) is 4.39 Å². The first-order chi connectivity index (χ1) is 7.85. The molecule has 0 radical (unpaired) electrons. The topological polar surface area (TPSA) is 29.5 Å². The van der Waals surface area contributed by atoms with Crippen LogP contribution < -0.4 is 0 Å². The first-order valence-electron chi connectivity index (χ1n) is 5.54. The summed E-state index contributed by atoms with van der Waals surface area (Å²) in [7, 11) is 1.63. The predicted molar refractivity (Wildman–Crippen MR) is 66.7 cm³/mol. The quantitative estimate of drug-likeness (QED) is 0.874. The summed E-state index contributed by atoms with van der Waals surface area (Å²) < 4.78 is 18.5. The number of ether oxygens (including phenoxy) is 1. The first kappa shape index (κ1) is 14.4. The molecule has 1 rings (SSSR count). The van der Waals surface area contributed by atoms with E-state index >= 15 is 0 Å². The molecule has 1 atom stereocenters. The molecule has 1 unspecified atom stereocenters. The van der Waals surface area contributed by atoms with Crippen LogP contribution in [0.5, 0.6) is 0 Å². The SMILES string of the molecule is COC(C)(C)CCC(O)c1ccc(Cl)c(F)c1. The van der Waals surface area contributed by atoms with Crippen LogP contribution >= 0.6 is 11.6 Å². The van der Waals surface area contributed by atoms with Gasteiger partial charge in [-0.05, 0) is 44.4 Å². The molecule has 0 saturated carbocycles. The Morgan fingerprint density at radius 3 is 2.65 bits per heavy atom. The summed E-state index contributed by atoms with van der Waals surface area (Å²) in [5.74, 6) is -0.505. The third-order valence-electron chi connectivity index (χ3n) is 2.90. The van der Waals surface area contributed by atoms with E-state index in [0.29, 0.717) is 18.4 Å². The van der Waals surface area contributed by atoms with Crippen LogP contribution in [-0.2, 0) is 4.74 Å². The largest absolute Gasteiger partial charge is 0.388 e. The van der Waals surface area contributed by atoms with Gasteiger partial charge in [-0.1, -0.05) is 17.7 Å². The Hall–Kier alpha value is -0.640. The van der Waals surface area contributed by atoms with E-state index in [-0.39, 0.29) is 10.6 Å². The molecule has 1 N–H and O–H groups in total. The molecule has 0 bridgehead atoms. The number of benzene rings is 1. The summed E-state index contributed by atoms with van der Waals surface area (Å²) in [4.78, 5) is 0. The molecule has 0 spiro atoms. The van der Waals surface area contributed by atoms with Crippen molar-refractivity contribution in [3.05, 3.63) is 34.6 Å². The van der Waals surface area contributed by atoms with Crippen molar-refractivity contribution in [2.45, 2.75) is 38.4 Å². The van der Waals surface area contributed by atoms with Crippen LogP contribution in [-0.4, -0.2) is 17.8 Å². The number of hydrogen-bond acceptors (Lipinski definition) is 2. The smallest absolute Gasteiger partial charge is 0.142 e. The highest BCUT2D eigenvalue weighted by molar-refractivity contribution is 6.30. The second kappa shape index (κ2) is 5.80. The average Bonchev–Trinajstić information content (AvgIpc) is 2.30. The van der Waals surface area contributed by atoms with Gasteiger partial charge >= 0.3 is 0 Å². The minimum atomic E-state index is -0.698. The van der Waals surface area contributed by atoms with Gasteiger partial charge in [0.25, 0.3) is 0 Å². The number of methoxy groups -OCH3 is 1. The van der Waals surface area contributed by atoms with Gasteiger partial charge in [0, 0.05) is 7.11 Å². The summed E-state index contributed by atoms with van der Waals surface area (Å²) >= 11 is 5.58. The minimum Gasteiger partial charge on any atom is -0.388 e. The molecule has 0 aliphatic rings. The van der Waals surface area contributed by atoms with E-state index < -0.39 is 11.9 Å². The molecule has 1 aromatic rings. The molecular formula is C13H18ClFO2. The fourth-order valence-electron chi connectivity index (χ4n) is 1.47. The van der Waals surface area contributed by atoms with Crippen LogP contribution in [0.1, 0.15) is 38.4 Å². The summed E-state index contributed by atoms with van der Waals surface area (Å²) in [6, 6.07) is 4.36. The van der Waals surface area contributed by atoms with Gasteiger partial charge in [-0.2, -0.15) is 0 Å². The van der Waals surface area contributed by atoms with E-state index in [1.807, 2.05) is 13.8 Å². The Kier molecular flexibility index (Phi) is 4.92. The number of aliphatic hydroxyl groups is 1. The van der Waals surface area contributed by atoms with Crippen molar-refractivity contribution in [3.63, 3.8) is 0 Å². The third kappa shape index (κ3) is 4.26. The van der Waals surface area contributed by atoms with Crippen LogP contribution in [0.25, 0.3) is 0 Å². The van der Waals surface area contributed by atoms with Gasteiger partial charge in [-0.15, -0.1) is 0 Å². The maximum absolute atomic E-state index is 13.2. The predicted octanol–water partition coefficient (Wildman–Crippen LogP) is 3.72. The first-order valence-corrected chi connectivity index (χ1v) is 5.92. The second-order valence-electron chi connectivity index (χ2n) is 4.69. The molecular weight excluding hydrogens is 243 g/mol. The van der Waals surface area contributed by atoms with E-state index in [2.05, 4.69) is 0 Å². The average molecular weight is 261 g/mol. The normalized spacial score (nSPS) is 13.8. The zero-order chi connectivity index (χ0) is 13.1. The Balaban J connectivity index is 2.64. The third-order valence-corrected chi connectivity index (χ3v) is 3.21. The van der Waals surface area contributed by atoms with E-state index in [0.717, 1.165) is 0 Å². The van der Waals surface area contributed by atoms with Gasteiger partial charge in [0.05, 0.1) is 16.7 Å². The Morgan fingerprint density at radius 1 is 1.47 bits per heavy atom. The van der Waals surface area contributed by atoms with Crippen molar-refractivity contribution in [1.82, 2.24) is 0 Å². The van der Waals surface area contributed by atoms with Gasteiger partial charge in [0.2, 0.25) is 0 Å². The lowest BCUT2D eigenvalue weighted by atomic mass is 9.97. The number of aliphatic hydroxyl groups excluding tert-OH is 1. The Labute approximate surface area is 106 Å². The van der Waals surface area contributed by atoms with Crippen LogP contribution in [0.3, 0.4) is 0 Å². The molecule has 4 heteroatoms. The van der Waals surface area contributed by atoms with E-state index in [1.165, 1.54) is 12.1 Å². The standard InChI is InChI=1S/C13H18ClFO2/c1-13(2,17-3)7-6-12(16)9-4-5-10(14)11(15)8-9/h4-5,8,12,16H,6-7H2,1-3H3. The summed E-state index contributed by atoms with van der Waals surface area (Å²) in [5, 5.41) is 10.00. The van der Waals surface area contributed by atoms with Gasteiger partial charge in [0.15, 0.2) is 0 Å². The molecule has 0 saturated heterocycles. The fourth-order valence-corrected chi connectivity index (χ4v) is 1.59. The summed E-state index contributed by atoms with van der Waals surface area (Å²) in [6.07, 6.45) is 0.507. The van der Waals surface area contributed by atoms with E-state index in [1.54, 1.807) is 13.2 Å². The summed E-state index contributed by atoms with van der Waals surface area (Å²) in [5.41, 5.74) is 0.255. The lowest BCUT2D eigenvalue weighted by Gasteiger charge is -2.24. The zero-order valence-electron chi connectivity index (χ0n) is 10.3. The molecule has 0 aliphatic heterocycles. The molecule has 1 aromatic carbocycles. The van der Waals surface area contributed by atoms with Crippen LogP contribution in [0.4, 0.5) is 4.39 Å². The molecule has 96 valence electrons. The summed E-state index contributed by atoms with van der Waals surface area (Å²) in [6.45, 7) is 3.89. The maximum atomic E-state index is 13.2. The van der Waals surface area contributed by atoms with E-state index in [9.17, 15) is 9.50 Å². The monoisotopic (exact) mass is 260 g/mol. The highest BCUT2D eigenvalue weighted by Crippen LogP contribution is 2.26. The Morgan fingerprint density at radius 2 is 2.12 bits per heavy atom. The lowest BCUT2D eigenvalue weighted by Crippen LogP contribution is -2.23. The van der Waals surface area contributed by atoms with Gasteiger partial charge < -0.3 is 9.84 Å². The maximum Gasteiger partial charge on any atom is 0.142 e. The second-order valence-corrected chi connectivity index (χ2v) is 5.10. The van der Waals surface area contributed by atoms with Crippen LogP contribution in [0.2, 0.25) is 5.02 Å². The fraction of sp³-hybridized carbons (Fsp3) is 0.538. The zero-order valence-corrected chi connectivity index (χ0v) is 11.1. The van der Waals surface area contributed by atoms with Crippen molar-refractivity contribution in [2.75, 3.05) is 7.11 Å². The molecule has 0 fully saturated rings. The highest BCUT2D eigenvalue weighted by atomic mass is 35.5. The molecule has 0 aliphatic carbocycles. The minimum absolute atomic E-state index is 0.0678.